The molecule has 9 heteroatoms. The topological polar surface area (TPSA) is 132 Å². The van der Waals surface area contributed by atoms with Crippen LogP contribution in [0.15, 0.2) is 36.0 Å². The summed E-state index contributed by atoms with van der Waals surface area (Å²) >= 11 is 0. The number of nitrogens with two attached hydrogens (primary N) is 2. The number of benzene rings is 1. The first-order chi connectivity index (χ1) is 15.9. The second-order valence-electron chi connectivity index (χ2n) is 8.34. The number of rotatable bonds is 14. The van der Waals surface area contributed by atoms with Gasteiger partial charge in [-0.2, -0.15) is 0 Å². The van der Waals surface area contributed by atoms with E-state index in [9.17, 15) is 9.90 Å². The number of hydrogen-bond donors (Lipinski definition) is 4. The van der Waals surface area contributed by atoms with Crippen molar-refractivity contribution >= 4 is 17.3 Å². The highest BCUT2D eigenvalue weighted by Crippen LogP contribution is 2.21. The Kier molecular flexibility index (Phi) is 12.0. The van der Waals surface area contributed by atoms with Crippen molar-refractivity contribution in [2.75, 3.05) is 50.6 Å². The van der Waals surface area contributed by atoms with Gasteiger partial charge >= 0.3 is 0 Å². The normalized spacial score (nSPS) is 21.1. The Morgan fingerprint density at radius 3 is 2.79 bits per heavy atom. The SMILES string of the molecule is C/C=C(\N)COCC1CC[C@@H](O)C(OCCCNC(=O)CCCN(C)c2ccc(N)cc2)O1. The number of carbonyl (C=O) groups is 1. The van der Waals surface area contributed by atoms with Crippen LogP contribution in [0.3, 0.4) is 0 Å². The lowest BCUT2D eigenvalue weighted by molar-refractivity contribution is -0.247. The second kappa shape index (κ2) is 14.7. The van der Waals surface area contributed by atoms with E-state index in [2.05, 4.69) is 10.2 Å². The first-order valence-corrected chi connectivity index (χ1v) is 11.7. The van der Waals surface area contributed by atoms with Gasteiger partial charge in [0.25, 0.3) is 0 Å². The lowest BCUT2D eigenvalue weighted by Crippen LogP contribution is -2.42. The van der Waals surface area contributed by atoms with Crippen molar-refractivity contribution in [2.45, 2.75) is 57.5 Å². The molecule has 2 unspecified atom stereocenters. The molecular formula is C24H40N4O5. The Labute approximate surface area is 197 Å². The van der Waals surface area contributed by atoms with Gasteiger partial charge in [-0.1, -0.05) is 6.08 Å². The second-order valence-corrected chi connectivity index (χ2v) is 8.34. The molecule has 0 bridgehead atoms. The van der Waals surface area contributed by atoms with Gasteiger partial charge in [0, 0.05) is 43.6 Å². The first kappa shape index (κ1) is 26.9. The highest BCUT2D eigenvalue weighted by atomic mass is 16.7. The molecule has 0 aliphatic carbocycles. The van der Waals surface area contributed by atoms with E-state index in [-0.39, 0.29) is 12.0 Å². The molecule has 1 aromatic rings. The zero-order valence-electron chi connectivity index (χ0n) is 19.9. The van der Waals surface area contributed by atoms with Crippen molar-refractivity contribution in [3.63, 3.8) is 0 Å². The molecule has 1 fully saturated rings. The molecule has 1 amide bonds. The molecule has 0 spiro atoms. The van der Waals surface area contributed by atoms with Crippen LogP contribution in [0.2, 0.25) is 0 Å². The number of amides is 1. The van der Waals surface area contributed by atoms with Crippen molar-refractivity contribution in [1.29, 1.82) is 0 Å². The minimum Gasteiger partial charge on any atom is -0.400 e. The quantitative estimate of drug-likeness (QED) is 0.242. The van der Waals surface area contributed by atoms with Gasteiger partial charge in [-0.05, 0) is 56.9 Å². The summed E-state index contributed by atoms with van der Waals surface area (Å²) in [6.07, 6.45) is 3.51. The number of allylic oxidation sites excluding steroid dienone is 1. The molecule has 1 aromatic carbocycles. The fourth-order valence-corrected chi connectivity index (χ4v) is 3.43. The number of nitrogen functional groups attached to an aromatic ring is 1. The maximum atomic E-state index is 12.1. The van der Waals surface area contributed by atoms with Crippen molar-refractivity contribution in [3.8, 4) is 0 Å². The molecule has 6 N–H and O–H groups in total. The fraction of sp³-hybridized carbons (Fsp3) is 0.625. The van der Waals surface area contributed by atoms with Crippen molar-refractivity contribution < 1.29 is 24.1 Å². The van der Waals surface area contributed by atoms with E-state index in [1.54, 1.807) is 6.08 Å². The highest BCUT2D eigenvalue weighted by molar-refractivity contribution is 5.75. The summed E-state index contributed by atoms with van der Waals surface area (Å²) in [6.45, 7) is 4.32. The lowest BCUT2D eigenvalue weighted by atomic mass is 10.1. The van der Waals surface area contributed by atoms with Crippen molar-refractivity contribution in [3.05, 3.63) is 36.0 Å². The van der Waals surface area contributed by atoms with Gasteiger partial charge in [-0.25, -0.2) is 0 Å². The third kappa shape index (κ3) is 10.4. The van der Waals surface area contributed by atoms with Gasteiger partial charge in [-0.3, -0.25) is 4.79 Å². The van der Waals surface area contributed by atoms with Crippen LogP contribution in [0.1, 0.15) is 39.0 Å². The molecule has 1 aliphatic heterocycles. The predicted octanol–water partition coefficient (Wildman–Crippen LogP) is 1.75. The first-order valence-electron chi connectivity index (χ1n) is 11.7. The van der Waals surface area contributed by atoms with Gasteiger partial charge in [0.15, 0.2) is 6.29 Å². The van der Waals surface area contributed by atoms with Crippen LogP contribution < -0.4 is 21.7 Å². The molecule has 186 valence electrons. The van der Waals surface area contributed by atoms with E-state index in [0.29, 0.717) is 57.7 Å². The lowest BCUT2D eigenvalue weighted by Gasteiger charge is -2.33. The maximum Gasteiger partial charge on any atom is 0.220 e. The predicted molar refractivity (Wildman–Crippen MR) is 130 cm³/mol. The summed E-state index contributed by atoms with van der Waals surface area (Å²) < 4.78 is 17.0. The highest BCUT2D eigenvalue weighted by Gasteiger charge is 2.30. The molecule has 9 nitrogen and oxygen atoms in total. The third-order valence-electron chi connectivity index (χ3n) is 5.53. The Balaban J connectivity index is 1.53. The molecule has 1 saturated heterocycles. The van der Waals surface area contributed by atoms with Crippen molar-refractivity contribution in [1.82, 2.24) is 5.32 Å². The third-order valence-corrected chi connectivity index (χ3v) is 5.53. The minimum atomic E-state index is -0.675. The standard InChI is InChI=1S/C24H40N4O5/c1-3-18(25)16-31-17-21-11-12-22(29)24(33-21)32-15-5-13-27-23(30)6-4-14-28(2)20-9-7-19(26)8-10-20/h3,7-10,21-22,24,29H,4-6,11-17,25-26H2,1-2H3,(H,27,30)/b18-3-/t21?,22-,24?/m1/s1. The minimum absolute atomic E-state index is 0.0206. The van der Waals surface area contributed by atoms with Gasteiger partial charge in [0.1, 0.15) is 6.10 Å². The number of nitrogens with one attached hydrogen (secondary N) is 1. The van der Waals surface area contributed by atoms with Gasteiger partial charge in [0.05, 0.1) is 25.9 Å². The van der Waals surface area contributed by atoms with E-state index < -0.39 is 12.4 Å². The van der Waals surface area contributed by atoms with Crippen LogP contribution in [0.4, 0.5) is 11.4 Å². The van der Waals surface area contributed by atoms with Gasteiger partial charge < -0.3 is 41.0 Å². The van der Waals surface area contributed by atoms with E-state index in [0.717, 1.165) is 24.3 Å². The van der Waals surface area contributed by atoms with Crippen molar-refractivity contribution in [2.24, 2.45) is 5.73 Å². The molecule has 0 saturated carbocycles. The zero-order valence-corrected chi connectivity index (χ0v) is 19.9. The Hall–Kier alpha value is -2.33. The molecule has 3 atom stereocenters. The molecule has 0 radical (unpaired) electrons. The number of aliphatic hydroxyl groups excluding tert-OH is 1. The Bertz CT molecular complexity index is 728. The summed E-state index contributed by atoms with van der Waals surface area (Å²) in [5.41, 5.74) is 13.9. The van der Waals surface area contributed by atoms with E-state index >= 15 is 0 Å². The average molecular weight is 465 g/mol. The smallest absolute Gasteiger partial charge is 0.220 e. The van der Waals surface area contributed by atoms with Gasteiger partial charge in [0.2, 0.25) is 5.91 Å². The average Bonchev–Trinajstić information content (AvgIpc) is 2.80. The molecule has 33 heavy (non-hydrogen) atoms. The fourth-order valence-electron chi connectivity index (χ4n) is 3.43. The monoisotopic (exact) mass is 464 g/mol. The number of ether oxygens (including phenoxy) is 3. The number of nitrogens with zero attached hydrogens (tertiary/aromatic N) is 1. The molecule has 1 aliphatic rings. The summed E-state index contributed by atoms with van der Waals surface area (Å²) in [7, 11) is 2.00. The number of anilines is 2. The Morgan fingerprint density at radius 2 is 2.06 bits per heavy atom. The van der Waals surface area contributed by atoms with E-state index in [4.69, 9.17) is 25.7 Å². The van der Waals surface area contributed by atoms with Crippen LogP contribution in [0.5, 0.6) is 0 Å². The number of carbonyl (C=O) groups excluding carboxylic acids is 1. The molecular weight excluding hydrogens is 424 g/mol. The molecule has 0 aromatic heterocycles. The maximum absolute atomic E-state index is 12.1. The number of hydrogen-bond acceptors (Lipinski definition) is 8. The molecule has 2 rings (SSSR count). The summed E-state index contributed by atoms with van der Waals surface area (Å²) in [5, 5.41) is 13.0. The zero-order chi connectivity index (χ0) is 24.1. The largest absolute Gasteiger partial charge is 0.400 e. The van der Waals surface area contributed by atoms with Crippen LogP contribution in [-0.4, -0.2) is 69.5 Å². The van der Waals surface area contributed by atoms with E-state index in [1.165, 1.54) is 0 Å². The number of aliphatic hydroxyl groups is 1. The summed E-state index contributed by atoms with van der Waals surface area (Å²) in [6, 6.07) is 7.68. The molecule has 1 heterocycles. The van der Waals surface area contributed by atoms with Crippen LogP contribution >= 0.6 is 0 Å². The van der Waals surface area contributed by atoms with Crippen LogP contribution in [0, 0.1) is 0 Å². The van der Waals surface area contributed by atoms with Crippen LogP contribution in [0.25, 0.3) is 0 Å². The Morgan fingerprint density at radius 1 is 1.30 bits per heavy atom. The summed E-state index contributed by atoms with van der Waals surface area (Å²) in [4.78, 5) is 14.2. The van der Waals surface area contributed by atoms with Gasteiger partial charge in [-0.15, -0.1) is 0 Å². The van der Waals surface area contributed by atoms with Crippen LogP contribution in [-0.2, 0) is 19.0 Å². The van der Waals surface area contributed by atoms with E-state index in [1.807, 2.05) is 38.2 Å². The summed E-state index contributed by atoms with van der Waals surface area (Å²) in [5.74, 6) is 0.0206.